The van der Waals surface area contributed by atoms with Crippen LogP contribution in [0.5, 0.6) is 0 Å². The van der Waals surface area contributed by atoms with Crippen LogP contribution in [0.15, 0.2) is 0 Å². The summed E-state index contributed by atoms with van der Waals surface area (Å²) in [6.07, 6.45) is 3.22. The van der Waals surface area contributed by atoms with Crippen molar-refractivity contribution in [3.8, 4) is 6.07 Å². The van der Waals surface area contributed by atoms with Crippen molar-refractivity contribution in [2.24, 2.45) is 5.92 Å². The Morgan fingerprint density at radius 3 is 2.61 bits per heavy atom. The molecule has 1 saturated carbocycles. The summed E-state index contributed by atoms with van der Waals surface area (Å²) in [6.45, 7) is 5.71. The SMILES string of the molecule is N#CCCN1CCN(C(=O)CNCC2CC2)CC1. The molecule has 0 radical (unpaired) electrons. The molecule has 5 nitrogen and oxygen atoms in total. The van der Waals surface area contributed by atoms with Crippen molar-refractivity contribution < 1.29 is 4.79 Å². The van der Waals surface area contributed by atoms with Gasteiger partial charge < -0.3 is 10.2 Å². The topological polar surface area (TPSA) is 59.4 Å². The molecule has 1 heterocycles. The number of carbonyl (C=O) groups is 1. The van der Waals surface area contributed by atoms with Crippen LogP contribution in [0.2, 0.25) is 0 Å². The fraction of sp³-hybridized carbons (Fsp3) is 0.846. The van der Waals surface area contributed by atoms with Crippen LogP contribution in [0.25, 0.3) is 0 Å². The van der Waals surface area contributed by atoms with E-state index in [1.165, 1.54) is 12.8 Å². The Kier molecular flexibility index (Phi) is 4.97. The molecule has 0 spiro atoms. The van der Waals surface area contributed by atoms with E-state index in [0.717, 1.165) is 45.2 Å². The highest BCUT2D eigenvalue weighted by atomic mass is 16.2. The van der Waals surface area contributed by atoms with Crippen LogP contribution < -0.4 is 5.32 Å². The highest BCUT2D eigenvalue weighted by Gasteiger charge is 2.23. The van der Waals surface area contributed by atoms with Gasteiger partial charge in [-0.15, -0.1) is 0 Å². The second kappa shape index (κ2) is 6.72. The molecular formula is C13H22N4O. The molecule has 5 heteroatoms. The minimum Gasteiger partial charge on any atom is -0.339 e. The molecule has 1 amide bonds. The molecule has 1 saturated heterocycles. The van der Waals surface area contributed by atoms with Crippen molar-refractivity contribution in [2.75, 3.05) is 45.8 Å². The number of carbonyl (C=O) groups excluding carboxylic acids is 1. The van der Waals surface area contributed by atoms with Crippen LogP contribution in [0.3, 0.4) is 0 Å². The first-order chi connectivity index (χ1) is 8.79. The maximum Gasteiger partial charge on any atom is 0.236 e. The maximum absolute atomic E-state index is 11.9. The van der Waals surface area contributed by atoms with Gasteiger partial charge in [0.25, 0.3) is 0 Å². The number of piperazine rings is 1. The second-order valence-electron chi connectivity index (χ2n) is 5.20. The van der Waals surface area contributed by atoms with Crippen LogP contribution in [0.4, 0.5) is 0 Å². The van der Waals surface area contributed by atoms with Gasteiger partial charge in [-0.05, 0) is 25.3 Å². The second-order valence-corrected chi connectivity index (χ2v) is 5.20. The van der Waals surface area contributed by atoms with E-state index in [2.05, 4.69) is 16.3 Å². The van der Waals surface area contributed by atoms with Gasteiger partial charge in [0, 0.05) is 39.1 Å². The Hall–Kier alpha value is -1.12. The van der Waals surface area contributed by atoms with Gasteiger partial charge in [0.2, 0.25) is 5.91 Å². The molecule has 0 aromatic carbocycles. The third-order valence-corrected chi connectivity index (χ3v) is 3.67. The Morgan fingerprint density at radius 1 is 1.28 bits per heavy atom. The summed E-state index contributed by atoms with van der Waals surface area (Å²) in [5, 5.41) is 11.8. The Balaban J connectivity index is 1.59. The average Bonchev–Trinajstić information content (AvgIpc) is 3.21. The van der Waals surface area contributed by atoms with Crippen molar-refractivity contribution in [3.63, 3.8) is 0 Å². The molecular weight excluding hydrogens is 228 g/mol. The molecule has 0 aromatic rings. The van der Waals surface area contributed by atoms with Crippen molar-refractivity contribution >= 4 is 5.91 Å². The fourth-order valence-corrected chi connectivity index (χ4v) is 2.25. The van der Waals surface area contributed by atoms with E-state index in [4.69, 9.17) is 5.26 Å². The number of rotatable bonds is 6. The Morgan fingerprint density at radius 2 is 2.00 bits per heavy atom. The van der Waals surface area contributed by atoms with Gasteiger partial charge in [0.1, 0.15) is 0 Å². The molecule has 0 unspecified atom stereocenters. The molecule has 0 atom stereocenters. The number of nitriles is 1. The van der Waals surface area contributed by atoms with Crippen LogP contribution >= 0.6 is 0 Å². The van der Waals surface area contributed by atoms with Crippen molar-refractivity contribution in [2.45, 2.75) is 19.3 Å². The standard InChI is InChI=1S/C13H22N4O/c14-4-1-5-16-6-8-17(9-7-16)13(18)11-15-10-12-2-3-12/h12,15H,1-3,5-11H2. The first-order valence-corrected chi connectivity index (χ1v) is 6.87. The predicted octanol–water partition coefficient (Wildman–Crippen LogP) is 0.0439. The first kappa shape index (κ1) is 13.3. The van der Waals surface area contributed by atoms with Gasteiger partial charge in [-0.25, -0.2) is 0 Å². The predicted molar refractivity (Wildman–Crippen MR) is 68.8 cm³/mol. The average molecular weight is 250 g/mol. The minimum atomic E-state index is 0.218. The van der Waals surface area contributed by atoms with Gasteiger partial charge in [0.15, 0.2) is 0 Å². The molecule has 2 rings (SSSR count). The smallest absolute Gasteiger partial charge is 0.236 e. The summed E-state index contributed by atoms with van der Waals surface area (Å²) >= 11 is 0. The quantitative estimate of drug-likeness (QED) is 0.723. The molecule has 100 valence electrons. The zero-order valence-electron chi connectivity index (χ0n) is 10.9. The van der Waals surface area contributed by atoms with Gasteiger partial charge in [-0.1, -0.05) is 0 Å². The Labute approximate surface area is 109 Å². The van der Waals surface area contributed by atoms with Crippen molar-refractivity contribution in [1.29, 1.82) is 5.26 Å². The maximum atomic E-state index is 11.9. The summed E-state index contributed by atoms with van der Waals surface area (Å²) < 4.78 is 0. The van der Waals surface area contributed by atoms with E-state index in [0.29, 0.717) is 13.0 Å². The van der Waals surface area contributed by atoms with Crippen LogP contribution in [-0.4, -0.2) is 61.5 Å². The molecule has 1 aliphatic heterocycles. The molecule has 18 heavy (non-hydrogen) atoms. The highest BCUT2D eigenvalue weighted by Crippen LogP contribution is 2.27. The Bertz CT molecular complexity index is 313. The summed E-state index contributed by atoms with van der Waals surface area (Å²) in [5.41, 5.74) is 0. The van der Waals surface area contributed by atoms with Gasteiger partial charge in [0.05, 0.1) is 12.6 Å². The number of nitrogens with one attached hydrogen (secondary N) is 1. The zero-order valence-corrected chi connectivity index (χ0v) is 10.9. The summed E-state index contributed by atoms with van der Waals surface area (Å²) in [7, 11) is 0. The van der Waals surface area contributed by atoms with E-state index in [-0.39, 0.29) is 5.91 Å². The minimum absolute atomic E-state index is 0.218. The summed E-state index contributed by atoms with van der Waals surface area (Å²) in [6, 6.07) is 2.16. The molecule has 2 aliphatic rings. The third kappa shape index (κ3) is 4.28. The van der Waals surface area contributed by atoms with E-state index in [1.807, 2.05) is 4.90 Å². The highest BCUT2D eigenvalue weighted by molar-refractivity contribution is 5.78. The fourth-order valence-electron chi connectivity index (χ4n) is 2.25. The first-order valence-electron chi connectivity index (χ1n) is 6.87. The van der Waals surface area contributed by atoms with Gasteiger partial charge >= 0.3 is 0 Å². The van der Waals surface area contributed by atoms with Crippen molar-refractivity contribution in [1.82, 2.24) is 15.1 Å². The van der Waals surface area contributed by atoms with Gasteiger partial charge in [-0.3, -0.25) is 9.69 Å². The molecule has 1 N–H and O–H groups in total. The summed E-state index contributed by atoms with van der Waals surface area (Å²) in [5.74, 6) is 1.04. The van der Waals surface area contributed by atoms with Crippen LogP contribution in [0, 0.1) is 17.2 Å². The van der Waals surface area contributed by atoms with Gasteiger partial charge in [-0.2, -0.15) is 5.26 Å². The number of nitrogens with zero attached hydrogens (tertiary/aromatic N) is 3. The lowest BCUT2D eigenvalue weighted by molar-refractivity contribution is -0.131. The molecule has 2 fully saturated rings. The lowest BCUT2D eigenvalue weighted by Gasteiger charge is -2.34. The molecule has 1 aliphatic carbocycles. The lowest BCUT2D eigenvalue weighted by Crippen LogP contribution is -2.50. The lowest BCUT2D eigenvalue weighted by atomic mass is 10.3. The molecule has 0 aromatic heterocycles. The normalized spacial score (nSPS) is 20.7. The largest absolute Gasteiger partial charge is 0.339 e. The molecule has 0 bridgehead atoms. The third-order valence-electron chi connectivity index (χ3n) is 3.67. The van der Waals surface area contributed by atoms with E-state index >= 15 is 0 Å². The number of hydrogen-bond acceptors (Lipinski definition) is 4. The van der Waals surface area contributed by atoms with E-state index < -0.39 is 0 Å². The van der Waals surface area contributed by atoms with Crippen LogP contribution in [0.1, 0.15) is 19.3 Å². The zero-order chi connectivity index (χ0) is 12.8. The van der Waals surface area contributed by atoms with Crippen molar-refractivity contribution in [3.05, 3.63) is 0 Å². The number of hydrogen-bond donors (Lipinski definition) is 1. The monoisotopic (exact) mass is 250 g/mol. The summed E-state index contributed by atoms with van der Waals surface area (Å²) in [4.78, 5) is 16.1. The van der Waals surface area contributed by atoms with Crippen LogP contribution in [-0.2, 0) is 4.79 Å². The van der Waals surface area contributed by atoms with E-state index in [9.17, 15) is 4.79 Å². The number of amides is 1. The van der Waals surface area contributed by atoms with E-state index in [1.54, 1.807) is 0 Å².